The smallest absolute Gasteiger partial charge is 0.169 e. The van der Waals surface area contributed by atoms with Crippen LogP contribution in [0.15, 0.2) is 12.2 Å². The molecule has 0 aromatic heterocycles. The van der Waals surface area contributed by atoms with Crippen molar-refractivity contribution in [2.75, 3.05) is 13.2 Å². The van der Waals surface area contributed by atoms with E-state index in [0.717, 1.165) is 25.5 Å². The van der Waals surface area contributed by atoms with Gasteiger partial charge < -0.3 is 14.3 Å². The van der Waals surface area contributed by atoms with Crippen LogP contribution in [0.25, 0.3) is 0 Å². The largest absolute Gasteiger partial charge is 0.348 e. The molecule has 1 saturated heterocycles. The highest BCUT2D eigenvalue weighted by atomic mass is 16.7. The zero-order valence-electron chi connectivity index (χ0n) is 9.20. The molecule has 0 aromatic rings. The van der Waals surface area contributed by atoms with Crippen LogP contribution in [0.3, 0.4) is 0 Å². The molecule has 0 bridgehead atoms. The van der Waals surface area contributed by atoms with E-state index in [-0.39, 0.29) is 11.8 Å². The highest BCUT2D eigenvalue weighted by Gasteiger charge is 2.43. The van der Waals surface area contributed by atoms with Crippen LogP contribution in [0, 0.1) is 11.8 Å². The van der Waals surface area contributed by atoms with Gasteiger partial charge in [0.2, 0.25) is 0 Å². The standard InChI is InChI=1S/C12H18O3/c1-9-3-4-12(14-5-6-15-12)7-11(9)10(2)8-13/h8,10-11H,1,3-7H2,2H3/t10-,11+/m1/s1. The van der Waals surface area contributed by atoms with E-state index < -0.39 is 5.79 Å². The van der Waals surface area contributed by atoms with E-state index in [9.17, 15) is 4.79 Å². The second-order valence-corrected chi connectivity index (χ2v) is 4.57. The summed E-state index contributed by atoms with van der Waals surface area (Å²) >= 11 is 0. The van der Waals surface area contributed by atoms with Gasteiger partial charge in [-0.25, -0.2) is 0 Å². The molecule has 1 saturated carbocycles. The van der Waals surface area contributed by atoms with E-state index in [1.807, 2.05) is 6.92 Å². The molecule has 2 rings (SSSR count). The van der Waals surface area contributed by atoms with Crippen LogP contribution < -0.4 is 0 Å². The summed E-state index contributed by atoms with van der Waals surface area (Å²) in [5, 5.41) is 0. The Kier molecular flexibility index (Phi) is 2.94. The molecule has 15 heavy (non-hydrogen) atoms. The zero-order valence-corrected chi connectivity index (χ0v) is 9.20. The monoisotopic (exact) mass is 210 g/mol. The Morgan fingerprint density at radius 2 is 2.20 bits per heavy atom. The molecule has 1 aliphatic carbocycles. The van der Waals surface area contributed by atoms with Crippen LogP contribution in [0.4, 0.5) is 0 Å². The Bertz CT molecular complexity index is 266. The van der Waals surface area contributed by atoms with E-state index in [0.29, 0.717) is 13.2 Å². The van der Waals surface area contributed by atoms with Gasteiger partial charge in [0.25, 0.3) is 0 Å². The summed E-state index contributed by atoms with van der Waals surface area (Å²) in [6.45, 7) is 7.34. The van der Waals surface area contributed by atoms with Crippen molar-refractivity contribution in [3.05, 3.63) is 12.2 Å². The van der Waals surface area contributed by atoms with E-state index in [1.54, 1.807) is 0 Å². The number of allylic oxidation sites excluding steroid dienone is 1. The van der Waals surface area contributed by atoms with Crippen molar-refractivity contribution in [1.82, 2.24) is 0 Å². The van der Waals surface area contributed by atoms with Crippen LogP contribution in [-0.4, -0.2) is 25.3 Å². The number of carbonyl (C=O) groups excluding carboxylic acids is 1. The molecular formula is C12H18O3. The molecule has 2 aliphatic rings. The Labute approximate surface area is 90.4 Å². The maximum absolute atomic E-state index is 10.8. The molecule has 3 heteroatoms. The van der Waals surface area contributed by atoms with Crippen molar-refractivity contribution >= 4 is 6.29 Å². The van der Waals surface area contributed by atoms with E-state index in [4.69, 9.17) is 9.47 Å². The van der Waals surface area contributed by atoms with Gasteiger partial charge in [0, 0.05) is 18.8 Å². The maximum atomic E-state index is 10.8. The van der Waals surface area contributed by atoms with E-state index in [2.05, 4.69) is 6.58 Å². The molecule has 84 valence electrons. The van der Waals surface area contributed by atoms with Gasteiger partial charge in [0.15, 0.2) is 5.79 Å². The summed E-state index contributed by atoms with van der Waals surface area (Å²) in [4.78, 5) is 10.8. The first-order valence-corrected chi connectivity index (χ1v) is 5.58. The van der Waals surface area contributed by atoms with Gasteiger partial charge in [-0.15, -0.1) is 0 Å². The van der Waals surface area contributed by atoms with Crippen molar-refractivity contribution in [1.29, 1.82) is 0 Å². The minimum atomic E-state index is -0.414. The summed E-state index contributed by atoms with van der Waals surface area (Å²) in [5.41, 5.74) is 1.17. The molecule has 1 heterocycles. The predicted octanol–water partition coefficient (Wildman–Crippen LogP) is 1.92. The lowest BCUT2D eigenvalue weighted by Crippen LogP contribution is -2.39. The minimum absolute atomic E-state index is 0.0162. The zero-order chi connectivity index (χ0) is 10.9. The SMILES string of the molecule is C=C1CCC2(C[C@@H]1[C@H](C)C=O)OCCO2. The van der Waals surface area contributed by atoms with Gasteiger partial charge in [-0.1, -0.05) is 19.1 Å². The summed E-state index contributed by atoms with van der Waals surface area (Å²) in [6, 6.07) is 0. The van der Waals surface area contributed by atoms with Gasteiger partial charge in [-0.3, -0.25) is 0 Å². The van der Waals surface area contributed by atoms with E-state index >= 15 is 0 Å². The Morgan fingerprint density at radius 1 is 1.53 bits per heavy atom. The normalized spacial score (nSPS) is 31.8. The lowest BCUT2D eigenvalue weighted by atomic mass is 9.75. The molecule has 2 atom stereocenters. The van der Waals surface area contributed by atoms with Gasteiger partial charge >= 0.3 is 0 Å². The number of rotatable bonds is 2. The van der Waals surface area contributed by atoms with Crippen LogP contribution in [0.5, 0.6) is 0 Å². The highest BCUT2D eigenvalue weighted by Crippen LogP contribution is 2.43. The minimum Gasteiger partial charge on any atom is -0.348 e. The summed E-state index contributed by atoms with van der Waals surface area (Å²) < 4.78 is 11.4. The average Bonchev–Trinajstić information content (AvgIpc) is 2.70. The van der Waals surface area contributed by atoms with E-state index in [1.165, 1.54) is 5.57 Å². The van der Waals surface area contributed by atoms with Crippen LogP contribution in [0.1, 0.15) is 26.2 Å². The summed E-state index contributed by atoms with van der Waals surface area (Å²) in [5.74, 6) is -0.180. The topological polar surface area (TPSA) is 35.5 Å². The fourth-order valence-electron chi connectivity index (χ4n) is 2.53. The van der Waals surface area contributed by atoms with Crippen molar-refractivity contribution in [2.45, 2.75) is 32.0 Å². The lowest BCUT2D eigenvalue weighted by Gasteiger charge is -2.38. The number of hydrogen-bond donors (Lipinski definition) is 0. The first kappa shape index (κ1) is 10.8. The molecule has 0 amide bonds. The highest BCUT2D eigenvalue weighted by molar-refractivity contribution is 5.54. The van der Waals surface area contributed by atoms with Crippen molar-refractivity contribution in [3.8, 4) is 0 Å². The molecule has 0 aromatic carbocycles. The fraction of sp³-hybridized carbons (Fsp3) is 0.750. The molecule has 0 N–H and O–H groups in total. The summed E-state index contributed by atoms with van der Waals surface area (Å²) in [6.07, 6.45) is 3.58. The van der Waals surface area contributed by atoms with Gasteiger partial charge in [0.1, 0.15) is 6.29 Å². The third-order valence-electron chi connectivity index (χ3n) is 3.55. The molecule has 3 nitrogen and oxygen atoms in total. The molecule has 0 radical (unpaired) electrons. The van der Waals surface area contributed by atoms with Crippen molar-refractivity contribution in [2.24, 2.45) is 11.8 Å². The lowest BCUT2D eigenvalue weighted by molar-refractivity contribution is -0.182. The average molecular weight is 210 g/mol. The van der Waals surface area contributed by atoms with Crippen LogP contribution >= 0.6 is 0 Å². The quantitative estimate of drug-likeness (QED) is 0.516. The first-order valence-electron chi connectivity index (χ1n) is 5.58. The molecular weight excluding hydrogens is 192 g/mol. The molecule has 1 aliphatic heterocycles. The number of hydrogen-bond acceptors (Lipinski definition) is 3. The third kappa shape index (κ3) is 1.99. The van der Waals surface area contributed by atoms with Gasteiger partial charge in [-0.2, -0.15) is 0 Å². The second-order valence-electron chi connectivity index (χ2n) is 4.57. The van der Waals surface area contributed by atoms with Crippen LogP contribution in [-0.2, 0) is 14.3 Å². The fourth-order valence-corrected chi connectivity index (χ4v) is 2.53. The number of carbonyl (C=O) groups is 1. The molecule has 0 unspecified atom stereocenters. The number of aldehydes is 1. The second kappa shape index (κ2) is 4.06. The molecule has 1 spiro atoms. The predicted molar refractivity (Wildman–Crippen MR) is 56.3 cm³/mol. The Morgan fingerprint density at radius 3 is 2.80 bits per heavy atom. The maximum Gasteiger partial charge on any atom is 0.169 e. The Hall–Kier alpha value is -0.670. The first-order chi connectivity index (χ1) is 7.17. The third-order valence-corrected chi connectivity index (χ3v) is 3.55. The van der Waals surface area contributed by atoms with Gasteiger partial charge in [0.05, 0.1) is 13.2 Å². The molecule has 2 fully saturated rings. The van der Waals surface area contributed by atoms with Gasteiger partial charge in [-0.05, 0) is 12.3 Å². The van der Waals surface area contributed by atoms with Crippen molar-refractivity contribution in [3.63, 3.8) is 0 Å². The van der Waals surface area contributed by atoms with Crippen LogP contribution in [0.2, 0.25) is 0 Å². The van der Waals surface area contributed by atoms with Crippen molar-refractivity contribution < 1.29 is 14.3 Å². The Balaban J connectivity index is 2.09. The number of ether oxygens (including phenoxy) is 2. The summed E-state index contributed by atoms with van der Waals surface area (Å²) in [7, 11) is 0.